The van der Waals surface area contributed by atoms with Crippen molar-refractivity contribution in [1.82, 2.24) is 15.5 Å². The zero-order valence-electron chi connectivity index (χ0n) is 24.4. The number of carbonyl (C=O) groups excluding carboxylic acids is 2. The van der Waals surface area contributed by atoms with Gasteiger partial charge in [0.25, 0.3) is 5.91 Å². The number of carbonyl (C=O) groups is 2. The van der Waals surface area contributed by atoms with Crippen LogP contribution in [0.15, 0.2) is 42.5 Å². The minimum atomic E-state index is -0.507. The van der Waals surface area contributed by atoms with Crippen LogP contribution >= 0.6 is 0 Å². The molecule has 1 atom stereocenters. The summed E-state index contributed by atoms with van der Waals surface area (Å²) in [4.78, 5) is 28.1. The first kappa shape index (κ1) is 29.9. The average molecular weight is 550 g/mol. The van der Waals surface area contributed by atoms with Gasteiger partial charge >= 0.3 is 0 Å². The molecule has 4 rings (SSSR count). The van der Waals surface area contributed by atoms with E-state index in [0.717, 1.165) is 55.1 Å². The topological polar surface area (TPSA) is 79.9 Å². The van der Waals surface area contributed by atoms with Crippen molar-refractivity contribution in [3.63, 3.8) is 0 Å². The van der Waals surface area contributed by atoms with Gasteiger partial charge in [0.05, 0.1) is 6.61 Å². The second-order valence-corrected chi connectivity index (χ2v) is 11.3. The smallest absolute Gasteiger partial charge is 0.261 e. The summed E-state index contributed by atoms with van der Waals surface area (Å²) in [6, 6.07) is 13.4. The number of hydrogen-bond donors (Lipinski definition) is 2. The summed E-state index contributed by atoms with van der Waals surface area (Å²) in [5.41, 5.74) is 3.19. The number of ether oxygens (including phenoxy) is 2. The molecule has 2 aliphatic rings. The maximum absolute atomic E-state index is 13.5. The lowest BCUT2D eigenvalue weighted by Gasteiger charge is -2.30. The molecule has 40 heavy (non-hydrogen) atoms. The molecule has 1 heterocycles. The molecule has 0 bridgehead atoms. The van der Waals surface area contributed by atoms with Crippen LogP contribution in [0.2, 0.25) is 0 Å². The number of hydrogen-bond acceptors (Lipinski definition) is 5. The minimum Gasteiger partial charge on any atom is -0.493 e. The van der Waals surface area contributed by atoms with Crippen molar-refractivity contribution in [3.8, 4) is 11.5 Å². The Morgan fingerprint density at radius 3 is 2.48 bits per heavy atom. The van der Waals surface area contributed by atoms with Gasteiger partial charge in [0.2, 0.25) is 5.91 Å². The number of nitrogens with one attached hydrogen (secondary N) is 2. The highest BCUT2D eigenvalue weighted by atomic mass is 16.5. The van der Waals surface area contributed by atoms with Gasteiger partial charge in [-0.05, 0) is 92.8 Å². The number of nitrogens with zero attached hydrogens (tertiary/aromatic N) is 1. The van der Waals surface area contributed by atoms with E-state index in [4.69, 9.17) is 9.47 Å². The van der Waals surface area contributed by atoms with Crippen LogP contribution in [0, 0.1) is 12.8 Å². The molecule has 1 aliphatic carbocycles. The predicted molar refractivity (Wildman–Crippen MR) is 158 cm³/mol. The van der Waals surface area contributed by atoms with E-state index >= 15 is 0 Å². The van der Waals surface area contributed by atoms with Crippen molar-refractivity contribution in [2.75, 3.05) is 26.3 Å². The van der Waals surface area contributed by atoms with Crippen molar-refractivity contribution in [1.29, 1.82) is 0 Å². The molecule has 2 aromatic carbocycles. The van der Waals surface area contributed by atoms with Crippen LogP contribution in [0.1, 0.15) is 81.4 Å². The Kier molecular flexibility index (Phi) is 11.7. The van der Waals surface area contributed by atoms with Gasteiger partial charge in [0, 0.05) is 19.6 Å². The molecule has 0 unspecified atom stereocenters. The van der Waals surface area contributed by atoms with Gasteiger partial charge in [-0.15, -0.1) is 0 Å². The van der Waals surface area contributed by atoms with E-state index in [1.165, 1.54) is 37.7 Å². The van der Waals surface area contributed by atoms with Gasteiger partial charge < -0.3 is 25.0 Å². The number of aryl methyl sites for hydroxylation is 1. The third kappa shape index (κ3) is 8.98. The molecule has 7 heteroatoms. The summed E-state index contributed by atoms with van der Waals surface area (Å²) >= 11 is 0. The first-order chi connectivity index (χ1) is 19.5. The number of amides is 2. The van der Waals surface area contributed by atoms with Crippen molar-refractivity contribution in [2.24, 2.45) is 5.92 Å². The zero-order valence-corrected chi connectivity index (χ0v) is 24.4. The molecule has 218 valence electrons. The van der Waals surface area contributed by atoms with Crippen LogP contribution in [0.3, 0.4) is 0 Å². The van der Waals surface area contributed by atoms with Crippen LogP contribution < -0.4 is 20.1 Å². The molecular formula is C33H47N3O4. The molecule has 1 saturated carbocycles. The van der Waals surface area contributed by atoms with E-state index in [1.54, 1.807) is 4.90 Å². The Bertz CT molecular complexity index is 1080. The third-order valence-corrected chi connectivity index (χ3v) is 8.03. The molecule has 0 radical (unpaired) electrons. The van der Waals surface area contributed by atoms with E-state index in [2.05, 4.69) is 29.7 Å². The third-order valence-electron chi connectivity index (χ3n) is 8.03. The molecule has 2 fully saturated rings. The van der Waals surface area contributed by atoms with Crippen LogP contribution in [-0.2, 0) is 22.7 Å². The summed E-state index contributed by atoms with van der Waals surface area (Å²) in [5, 5.41) is 6.57. The Labute approximate surface area is 240 Å². The van der Waals surface area contributed by atoms with Crippen LogP contribution in [-0.4, -0.2) is 49.1 Å². The molecule has 1 saturated heterocycles. The number of benzene rings is 2. The predicted octanol–water partition coefficient (Wildman–Crippen LogP) is 5.53. The lowest BCUT2D eigenvalue weighted by atomic mass is 9.89. The summed E-state index contributed by atoms with van der Waals surface area (Å²) in [6.45, 7) is 7.56. The van der Waals surface area contributed by atoms with E-state index in [9.17, 15) is 9.59 Å². The Balaban J connectivity index is 1.35. The van der Waals surface area contributed by atoms with E-state index < -0.39 is 6.04 Å². The SMILES string of the molecule is CCCOc1ccc(CN(C(=O)COc2ccc(CNCC3CCCCC3)cc2)[C@H]2CCCCNC2=O)cc1C. The van der Waals surface area contributed by atoms with Crippen LogP contribution in [0.25, 0.3) is 0 Å². The summed E-state index contributed by atoms with van der Waals surface area (Å²) < 4.78 is 11.7. The summed E-state index contributed by atoms with van der Waals surface area (Å²) in [5.74, 6) is 2.03. The lowest BCUT2D eigenvalue weighted by Crippen LogP contribution is -2.49. The first-order valence-electron chi connectivity index (χ1n) is 15.3. The molecule has 0 spiro atoms. The molecule has 7 nitrogen and oxygen atoms in total. The lowest BCUT2D eigenvalue weighted by molar-refractivity contribution is -0.142. The van der Waals surface area contributed by atoms with Gasteiger partial charge in [-0.2, -0.15) is 0 Å². The largest absolute Gasteiger partial charge is 0.493 e. The Morgan fingerprint density at radius 1 is 0.975 bits per heavy atom. The maximum atomic E-state index is 13.5. The second-order valence-electron chi connectivity index (χ2n) is 11.3. The quantitative estimate of drug-likeness (QED) is 0.344. The van der Waals surface area contributed by atoms with E-state index in [-0.39, 0.29) is 18.4 Å². The molecule has 0 aromatic heterocycles. The van der Waals surface area contributed by atoms with E-state index in [0.29, 0.717) is 31.9 Å². The normalized spacial score (nSPS) is 18.1. The molecule has 2 N–H and O–H groups in total. The first-order valence-corrected chi connectivity index (χ1v) is 15.3. The molecule has 2 amide bonds. The zero-order chi connectivity index (χ0) is 28.2. The highest BCUT2D eigenvalue weighted by molar-refractivity contribution is 5.88. The minimum absolute atomic E-state index is 0.0875. The fraction of sp³-hybridized carbons (Fsp3) is 0.576. The standard InChI is InChI=1S/C33H47N3O4/c1-3-19-39-31-17-14-28(20-25(31)2)23-36(30-11-7-8-18-35-33(30)38)32(37)24-40-29-15-12-27(13-16-29)22-34-21-26-9-5-4-6-10-26/h12-17,20,26,30,34H,3-11,18-19,21-24H2,1-2H3,(H,35,38)/t30-/m0/s1. The summed E-state index contributed by atoms with van der Waals surface area (Å²) in [6.07, 6.45) is 10.2. The van der Waals surface area contributed by atoms with Crippen LogP contribution in [0.4, 0.5) is 0 Å². The van der Waals surface area contributed by atoms with Crippen LogP contribution in [0.5, 0.6) is 11.5 Å². The fourth-order valence-corrected chi connectivity index (χ4v) is 5.72. The fourth-order valence-electron chi connectivity index (χ4n) is 5.72. The average Bonchev–Trinajstić information content (AvgIpc) is 3.19. The summed E-state index contributed by atoms with van der Waals surface area (Å²) in [7, 11) is 0. The maximum Gasteiger partial charge on any atom is 0.261 e. The molecule has 1 aliphatic heterocycles. The van der Waals surface area contributed by atoms with Gasteiger partial charge in [-0.3, -0.25) is 9.59 Å². The Morgan fingerprint density at radius 2 is 1.73 bits per heavy atom. The Hall–Kier alpha value is -3.06. The van der Waals surface area contributed by atoms with Gasteiger partial charge in [-0.1, -0.05) is 50.5 Å². The second kappa shape index (κ2) is 15.7. The van der Waals surface area contributed by atoms with Crippen molar-refractivity contribution < 1.29 is 19.1 Å². The van der Waals surface area contributed by atoms with Gasteiger partial charge in [0.15, 0.2) is 6.61 Å². The van der Waals surface area contributed by atoms with Gasteiger partial charge in [0.1, 0.15) is 17.5 Å². The highest BCUT2D eigenvalue weighted by Crippen LogP contribution is 2.24. The highest BCUT2D eigenvalue weighted by Gasteiger charge is 2.31. The number of rotatable bonds is 13. The van der Waals surface area contributed by atoms with Crippen molar-refractivity contribution in [2.45, 2.75) is 90.8 Å². The molecular weight excluding hydrogens is 502 g/mol. The van der Waals surface area contributed by atoms with Gasteiger partial charge in [-0.25, -0.2) is 0 Å². The monoisotopic (exact) mass is 549 g/mol. The van der Waals surface area contributed by atoms with E-state index in [1.807, 2.05) is 37.3 Å². The molecule has 2 aromatic rings. The van der Waals surface area contributed by atoms with Crippen molar-refractivity contribution in [3.05, 3.63) is 59.2 Å². The van der Waals surface area contributed by atoms with Crippen molar-refractivity contribution >= 4 is 11.8 Å².